The van der Waals surface area contributed by atoms with Crippen LogP contribution in [0.25, 0.3) is 0 Å². The molecule has 1 aromatic carbocycles. The second-order valence-corrected chi connectivity index (χ2v) is 5.84. The number of aliphatic hydroxyl groups excluding tert-OH is 1. The van der Waals surface area contributed by atoms with Crippen molar-refractivity contribution in [2.24, 2.45) is 5.73 Å². The molecular formula is C13H15Br2N3O3. The SMILES string of the molecule is N#CC(=O)NCCCOc1c(Br)cc([C@@H](O)CN)cc1Br. The number of nitriles is 1. The van der Waals surface area contributed by atoms with E-state index in [-0.39, 0.29) is 6.54 Å². The standard InChI is InChI=1S/C13H15Br2N3O3/c14-9-4-8(11(19)6-16)5-10(15)13(9)21-3-1-2-18-12(20)7-17/h4-5,11,19H,1-3,6,16H2,(H,18,20)/t11-/m0/s1. The smallest absolute Gasteiger partial charge is 0.322 e. The Kier molecular flexibility index (Phi) is 7.67. The van der Waals surface area contributed by atoms with Crippen LogP contribution in [0.3, 0.4) is 0 Å². The first-order valence-corrected chi connectivity index (χ1v) is 7.76. The number of halogens is 2. The molecule has 1 aromatic rings. The Morgan fingerprint density at radius 2 is 2.10 bits per heavy atom. The highest BCUT2D eigenvalue weighted by atomic mass is 79.9. The normalized spacial score (nSPS) is 11.6. The molecule has 0 aliphatic rings. The van der Waals surface area contributed by atoms with Gasteiger partial charge in [0.2, 0.25) is 0 Å². The van der Waals surface area contributed by atoms with Gasteiger partial charge >= 0.3 is 5.91 Å². The second kappa shape index (κ2) is 9.00. The fourth-order valence-electron chi connectivity index (χ4n) is 1.53. The minimum atomic E-state index is -0.729. The Bertz CT molecular complexity index is 523. The summed E-state index contributed by atoms with van der Waals surface area (Å²) in [5.41, 5.74) is 6.11. The topological polar surface area (TPSA) is 108 Å². The summed E-state index contributed by atoms with van der Waals surface area (Å²) < 4.78 is 7.00. The maximum absolute atomic E-state index is 10.7. The largest absolute Gasteiger partial charge is 0.491 e. The van der Waals surface area contributed by atoms with Gasteiger partial charge in [-0.1, -0.05) is 0 Å². The molecule has 0 saturated heterocycles. The highest BCUT2D eigenvalue weighted by Crippen LogP contribution is 2.36. The molecule has 0 heterocycles. The lowest BCUT2D eigenvalue weighted by Gasteiger charge is -2.14. The van der Waals surface area contributed by atoms with Crippen molar-refractivity contribution in [2.75, 3.05) is 19.7 Å². The maximum Gasteiger partial charge on any atom is 0.322 e. The number of amides is 1. The summed E-state index contributed by atoms with van der Waals surface area (Å²) in [6, 6.07) is 4.96. The van der Waals surface area contributed by atoms with Crippen molar-refractivity contribution in [3.8, 4) is 11.8 Å². The summed E-state index contributed by atoms with van der Waals surface area (Å²) in [6.45, 7) is 0.880. The summed E-state index contributed by atoms with van der Waals surface area (Å²) in [7, 11) is 0. The first kappa shape index (κ1) is 17.9. The van der Waals surface area contributed by atoms with Gasteiger partial charge in [0.25, 0.3) is 0 Å². The Hall–Kier alpha value is -1.14. The number of ether oxygens (including phenoxy) is 1. The van der Waals surface area contributed by atoms with Gasteiger partial charge in [-0.3, -0.25) is 4.79 Å². The Balaban J connectivity index is 2.56. The zero-order chi connectivity index (χ0) is 15.8. The van der Waals surface area contributed by atoms with Crippen LogP contribution in [0.2, 0.25) is 0 Å². The molecule has 0 spiro atoms. The number of benzene rings is 1. The third kappa shape index (κ3) is 5.63. The maximum atomic E-state index is 10.7. The lowest BCUT2D eigenvalue weighted by Crippen LogP contribution is -2.23. The highest BCUT2D eigenvalue weighted by Gasteiger charge is 2.13. The molecule has 114 valence electrons. The van der Waals surface area contributed by atoms with Crippen molar-refractivity contribution in [3.05, 3.63) is 26.6 Å². The monoisotopic (exact) mass is 419 g/mol. The fraction of sp³-hybridized carbons (Fsp3) is 0.385. The molecule has 0 aliphatic carbocycles. The van der Waals surface area contributed by atoms with E-state index in [1.165, 1.54) is 6.07 Å². The van der Waals surface area contributed by atoms with Crippen LogP contribution in [0.15, 0.2) is 21.1 Å². The Morgan fingerprint density at radius 1 is 1.48 bits per heavy atom. The van der Waals surface area contributed by atoms with Crippen LogP contribution < -0.4 is 15.8 Å². The van der Waals surface area contributed by atoms with Crippen molar-refractivity contribution < 1.29 is 14.6 Å². The molecule has 0 saturated carbocycles. The summed E-state index contributed by atoms with van der Waals surface area (Å²) in [5.74, 6) is -0.0490. The van der Waals surface area contributed by atoms with Gasteiger partial charge in [-0.25, -0.2) is 0 Å². The predicted molar refractivity (Wildman–Crippen MR) is 84.6 cm³/mol. The number of nitrogens with one attached hydrogen (secondary N) is 1. The van der Waals surface area contributed by atoms with Gasteiger partial charge in [0.05, 0.1) is 21.7 Å². The molecule has 1 atom stereocenters. The van der Waals surface area contributed by atoms with Gasteiger partial charge in [0.1, 0.15) is 5.75 Å². The van der Waals surface area contributed by atoms with E-state index < -0.39 is 12.0 Å². The van der Waals surface area contributed by atoms with Gasteiger partial charge in [0, 0.05) is 13.1 Å². The van der Waals surface area contributed by atoms with Crippen LogP contribution in [0.5, 0.6) is 5.75 Å². The average Bonchev–Trinajstić information content (AvgIpc) is 2.47. The predicted octanol–water partition coefficient (Wildman–Crippen LogP) is 1.61. The van der Waals surface area contributed by atoms with Crippen molar-refractivity contribution in [2.45, 2.75) is 12.5 Å². The van der Waals surface area contributed by atoms with Crippen LogP contribution in [0, 0.1) is 11.3 Å². The summed E-state index contributed by atoms with van der Waals surface area (Å²) >= 11 is 6.76. The molecule has 4 N–H and O–H groups in total. The van der Waals surface area contributed by atoms with Gasteiger partial charge < -0.3 is 20.9 Å². The molecule has 6 nitrogen and oxygen atoms in total. The van der Waals surface area contributed by atoms with E-state index in [0.717, 1.165) is 0 Å². The lowest BCUT2D eigenvalue weighted by atomic mass is 10.1. The van der Waals surface area contributed by atoms with Crippen molar-refractivity contribution in [3.63, 3.8) is 0 Å². The zero-order valence-corrected chi connectivity index (χ0v) is 14.3. The third-order valence-corrected chi connectivity index (χ3v) is 3.76. The van der Waals surface area contributed by atoms with Crippen molar-refractivity contribution >= 4 is 37.8 Å². The molecular weight excluding hydrogens is 406 g/mol. The van der Waals surface area contributed by atoms with Gasteiger partial charge in [-0.2, -0.15) is 5.26 Å². The first-order valence-electron chi connectivity index (χ1n) is 6.17. The quantitative estimate of drug-likeness (QED) is 0.458. The number of hydrogen-bond acceptors (Lipinski definition) is 5. The highest BCUT2D eigenvalue weighted by molar-refractivity contribution is 9.11. The van der Waals surface area contributed by atoms with Gasteiger partial charge in [-0.05, 0) is 56.0 Å². The molecule has 21 heavy (non-hydrogen) atoms. The van der Waals surface area contributed by atoms with Gasteiger partial charge in [-0.15, -0.1) is 0 Å². The minimum absolute atomic E-state index is 0.137. The first-order chi connectivity index (χ1) is 9.99. The molecule has 8 heteroatoms. The fourth-order valence-corrected chi connectivity index (χ4v) is 2.98. The van der Waals surface area contributed by atoms with Crippen LogP contribution in [-0.2, 0) is 4.79 Å². The summed E-state index contributed by atoms with van der Waals surface area (Å²) in [4.78, 5) is 10.7. The van der Waals surface area contributed by atoms with Crippen LogP contribution >= 0.6 is 31.9 Å². The number of aliphatic hydroxyl groups is 1. The third-order valence-electron chi connectivity index (χ3n) is 2.58. The van der Waals surface area contributed by atoms with E-state index in [1.54, 1.807) is 12.1 Å². The van der Waals surface area contributed by atoms with Crippen LogP contribution in [0.1, 0.15) is 18.1 Å². The number of nitrogens with zero attached hydrogens (tertiary/aromatic N) is 1. The number of rotatable bonds is 7. The second-order valence-electron chi connectivity index (χ2n) is 4.13. The molecule has 0 aromatic heterocycles. The molecule has 1 rings (SSSR count). The van der Waals surface area contributed by atoms with E-state index in [0.29, 0.717) is 39.8 Å². The van der Waals surface area contributed by atoms with E-state index in [4.69, 9.17) is 15.7 Å². The van der Waals surface area contributed by atoms with E-state index >= 15 is 0 Å². The van der Waals surface area contributed by atoms with Crippen molar-refractivity contribution in [1.29, 1.82) is 5.26 Å². The average molecular weight is 421 g/mol. The summed E-state index contributed by atoms with van der Waals surface area (Å²) in [5, 5.41) is 20.4. The number of carbonyl (C=O) groups excluding carboxylic acids is 1. The van der Waals surface area contributed by atoms with Crippen LogP contribution in [0.4, 0.5) is 0 Å². The minimum Gasteiger partial charge on any atom is -0.491 e. The molecule has 0 unspecified atom stereocenters. The van der Waals surface area contributed by atoms with Gasteiger partial charge in [0.15, 0.2) is 6.07 Å². The molecule has 1 amide bonds. The Labute approximate surface area is 139 Å². The van der Waals surface area contributed by atoms with E-state index in [1.807, 2.05) is 0 Å². The Morgan fingerprint density at radius 3 is 2.62 bits per heavy atom. The van der Waals surface area contributed by atoms with Crippen LogP contribution in [-0.4, -0.2) is 30.7 Å². The number of carbonyl (C=O) groups is 1. The zero-order valence-electron chi connectivity index (χ0n) is 11.1. The van der Waals surface area contributed by atoms with E-state index in [2.05, 4.69) is 37.2 Å². The molecule has 0 aliphatic heterocycles. The lowest BCUT2D eigenvalue weighted by molar-refractivity contribution is -0.115. The number of hydrogen-bond donors (Lipinski definition) is 3. The van der Waals surface area contributed by atoms with E-state index in [9.17, 15) is 9.90 Å². The van der Waals surface area contributed by atoms with Crippen molar-refractivity contribution in [1.82, 2.24) is 5.32 Å². The molecule has 0 bridgehead atoms. The molecule has 0 radical (unpaired) electrons. The summed E-state index contributed by atoms with van der Waals surface area (Å²) in [6.07, 6.45) is -0.160. The molecule has 0 fully saturated rings. The number of nitrogens with two attached hydrogens (primary N) is 1.